The minimum absolute atomic E-state index is 0.0209. The van der Waals surface area contributed by atoms with E-state index in [1.165, 1.54) is 0 Å². The molecular weight excluding hydrogens is 360 g/mol. The van der Waals surface area contributed by atoms with E-state index in [1.54, 1.807) is 0 Å². The van der Waals surface area contributed by atoms with Crippen LogP contribution in [0.4, 0.5) is 0 Å². The Kier molecular flexibility index (Phi) is 5.47. The van der Waals surface area contributed by atoms with Crippen LogP contribution in [0.1, 0.15) is 72.1 Å². The highest BCUT2D eigenvalue weighted by atomic mass is 16.6. The number of hydrogen-bond acceptors (Lipinski definition) is 6. The van der Waals surface area contributed by atoms with Gasteiger partial charge in [0.1, 0.15) is 0 Å². The average Bonchev–Trinajstić information content (AvgIpc) is 3.52. The molecule has 6 unspecified atom stereocenters. The molecule has 6 heteroatoms. The van der Waals surface area contributed by atoms with Gasteiger partial charge in [-0.3, -0.25) is 9.59 Å². The molecule has 6 nitrogen and oxygen atoms in total. The van der Waals surface area contributed by atoms with Crippen molar-refractivity contribution in [1.29, 1.82) is 0 Å². The van der Waals surface area contributed by atoms with E-state index in [0.29, 0.717) is 31.3 Å². The Bertz CT molecular complexity index is 568. The van der Waals surface area contributed by atoms with Crippen LogP contribution in [0.25, 0.3) is 0 Å². The first kappa shape index (κ1) is 20.1. The van der Waals surface area contributed by atoms with E-state index < -0.39 is 0 Å². The fourth-order valence-corrected chi connectivity index (χ4v) is 5.06. The van der Waals surface area contributed by atoms with Gasteiger partial charge in [-0.1, -0.05) is 6.92 Å². The monoisotopic (exact) mass is 394 g/mol. The van der Waals surface area contributed by atoms with Gasteiger partial charge >= 0.3 is 11.9 Å². The Balaban J connectivity index is 1.07. The lowest BCUT2D eigenvalue weighted by atomic mass is 9.82. The van der Waals surface area contributed by atoms with E-state index in [-0.39, 0.29) is 35.0 Å². The second kappa shape index (κ2) is 7.60. The van der Waals surface area contributed by atoms with Crippen molar-refractivity contribution in [2.45, 2.75) is 95.5 Å². The lowest BCUT2D eigenvalue weighted by molar-refractivity contribution is -0.150. The second-order valence-corrected chi connectivity index (χ2v) is 9.81. The minimum Gasteiger partial charge on any atom is -0.465 e. The van der Waals surface area contributed by atoms with E-state index in [0.717, 1.165) is 51.4 Å². The second-order valence-electron chi connectivity index (χ2n) is 9.81. The number of carbonyl (C=O) groups excluding carboxylic acids is 2. The summed E-state index contributed by atoms with van der Waals surface area (Å²) < 4.78 is 22.3. The van der Waals surface area contributed by atoms with Gasteiger partial charge in [0.05, 0.1) is 48.5 Å². The molecule has 2 saturated heterocycles. The van der Waals surface area contributed by atoms with Gasteiger partial charge in [0.25, 0.3) is 0 Å². The topological polar surface area (TPSA) is 77.7 Å². The number of esters is 2. The molecule has 6 atom stereocenters. The van der Waals surface area contributed by atoms with Gasteiger partial charge in [0.2, 0.25) is 0 Å². The molecule has 0 radical (unpaired) electrons. The van der Waals surface area contributed by atoms with Crippen LogP contribution in [0, 0.1) is 17.8 Å². The van der Waals surface area contributed by atoms with Gasteiger partial charge in [-0.25, -0.2) is 0 Å². The van der Waals surface area contributed by atoms with Crippen molar-refractivity contribution >= 4 is 11.9 Å². The van der Waals surface area contributed by atoms with Crippen LogP contribution in [0.5, 0.6) is 0 Å². The lowest BCUT2D eigenvalue weighted by Crippen LogP contribution is -2.29. The van der Waals surface area contributed by atoms with Gasteiger partial charge in [-0.15, -0.1) is 0 Å². The minimum atomic E-state index is -0.0832. The zero-order chi connectivity index (χ0) is 19.9. The summed E-state index contributed by atoms with van der Waals surface area (Å²) in [6, 6.07) is 0. The van der Waals surface area contributed by atoms with E-state index in [9.17, 15) is 9.59 Å². The molecule has 4 aliphatic rings. The Morgan fingerprint density at radius 3 is 1.68 bits per heavy atom. The molecule has 2 aliphatic heterocycles. The number of fused-ring (bicyclic) bond motifs is 2. The number of hydrogen-bond donors (Lipinski definition) is 0. The fourth-order valence-electron chi connectivity index (χ4n) is 5.06. The molecule has 0 amide bonds. The maximum Gasteiger partial charge on any atom is 0.309 e. The largest absolute Gasteiger partial charge is 0.465 e. The fraction of sp³-hybridized carbons (Fsp3) is 0.909. The molecule has 0 aromatic carbocycles. The van der Waals surface area contributed by atoms with E-state index >= 15 is 0 Å². The summed E-state index contributed by atoms with van der Waals surface area (Å²) >= 11 is 0. The molecule has 0 bridgehead atoms. The predicted octanol–water partition coefficient (Wildman–Crippen LogP) is 3.40. The maximum atomic E-state index is 12.3. The smallest absolute Gasteiger partial charge is 0.309 e. The summed E-state index contributed by atoms with van der Waals surface area (Å²) in [5, 5.41) is 0. The molecule has 0 aromatic heterocycles. The molecule has 2 aliphatic carbocycles. The van der Waals surface area contributed by atoms with Crippen molar-refractivity contribution in [2.75, 3.05) is 13.2 Å². The standard InChI is InChI=1S/C22H34O6/c1-14(8-10-25-19(23)15-4-6-17-21(2,12-15)27-17)9-11-26-20(24)16-5-7-18-22(3,13-16)28-18/h14-18H,4-13H2,1-3H3. The summed E-state index contributed by atoms with van der Waals surface area (Å²) in [6.07, 6.45) is 7.54. The molecule has 2 heterocycles. The van der Waals surface area contributed by atoms with Crippen LogP contribution < -0.4 is 0 Å². The molecule has 4 fully saturated rings. The summed E-state index contributed by atoms with van der Waals surface area (Å²) in [5.41, 5.74) is -0.164. The lowest BCUT2D eigenvalue weighted by Gasteiger charge is -2.22. The Morgan fingerprint density at radius 1 is 0.857 bits per heavy atom. The first-order valence-corrected chi connectivity index (χ1v) is 11.0. The Morgan fingerprint density at radius 2 is 1.29 bits per heavy atom. The summed E-state index contributed by atoms with van der Waals surface area (Å²) in [6.45, 7) is 7.15. The highest BCUT2D eigenvalue weighted by Gasteiger charge is 2.57. The zero-order valence-electron chi connectivity index (χ0n) is 17.4. The molecule has 0 N–H and O–H groups in total. The summed E-state index contributed by atoms with van der Waals surface area (Å²) in [7, 11) is 0. The first-order valence-electron chi connectivity index (χ1n) is 11.0. The highest BCUT2D eigenvalue weighted by molar-refractivity contribution is 5.73. The van der Waals surface area contributed by atoms with Crippen LogP contribution in [-0.2, 0) is 28.5 Å². The normalized spacial score (nSPS) is 42.0. The maximum absolute atomic E-state index is 12.3. The van der Waals surface area contributed by atoms with Gasteiger partial charge < -0.3 is 18.9 Å². The molecule has 0 spiro atoms. The molecule has 4 rings (SSSR count). The van der Waals surface area contributed by atoms with Crippen molar-refractivity contribution in [3.8, 4) is 0 Å². The third-order valence-electron chi connectivity index (χ3n) is 7.31. The third kappa shape index (κ3) is 4.38. The molecule has 0 aromatic rings. The van der Waals surface area contributed by atoms with E-state index in [4.69, 9.17) is 18.9 Å². The zero-order valence-corrected chi connectivity index (χ0v) is 17.4. The summed E-state index contributed by atoms with van der Waals surface area (Å²) in [5.74, 6) is 0.140. The van der Waals surface area contributed by atoms with Gasteiger partial charge in [0, 0.05) is 0 Å². The third-order valence-corrected chi connectivity index (χ3v) is 7.31. The molecule has 2 saturated carbocycles. The van der Waals surface area contributed by atoms with Gasteiger partial charge in [0.15, 0.2) is 0 Å². The first-order chi connectivity index (χ1) is 13.3. The van der Waals surface area contributed by atoms with Crippen LogP contribution in [-0.4, -0.2) is 48.6 Å². The van der Waals surface area contributed by atoms with Crippen molar-refractivity contribution in [2.24, 2.45) is 17.8 Å². The van der Waals surface area contributed by atoms with Crippen LogP contribution in [0.15, 0.2) is 0 Å². The summed E-state index contributed by atoms with van der Waals surface area (Å²) in [4.78, 5) is 24.5. The SMILES string of the molecule is CC(CCOC(=O)C1CCC2OC2(C)C1)CCOC(=O)C1CCC2OC2(C)C1. The van der Waals surface area contributed by atoms with Crippen molar-refractivity contribution in [3.05, 3.63) is 0 Å². The van der Waals surface area contributed by atoms with E-state index in [2.05, 4.69) is 20.8 Å². The van der Waals surface area contributed by atoms with Crippen LogP contribution in [0.2, 0.25) is 0 Å². The Hall–Kier alpha value is -1.14. The van der Waals surface area contributed by atoms with Gasteiger partial charge in [-0.05, 0) is 71.1 Å². The van der Waals surface area contributed by atoms with Crippen molar-refractivity contribution < 1.29 is 28.5 Å². The highest BCUT2D eigenvalue weighted by Crippen LogP contribution is 2.50. The number of rotatable bonds is 8. The predicted molar refractivity (Wildman–Crippen MR) is 102 cm³/mol. The molecular formula is C22H34O6. The molecule has 28 heavy (non-hydrogen) atoms. The van der Waals surface area contributed by atoms with Gasteiger partial charge in [-0.2, -0.15) is 0 Å². The van der Waals surface area contributed by atoms with Crippen LogP contribution in [0.3, 0.4) is 0 Å². The number of epoxide rings is 2. The quantitative estimate of drug-likeness (QED) is 0.464. The molecule has 158 valence electrons. The number of carbonyl (C=O) groups is 2. The van der Waals surface area contributed by atoms with E-state index in [1.807, 2.05) is 0 Å². The van der Waals surface area contributed by atoms with Crippen LogP contribution >= 0.6 is 0 Å². The number of ether oxygens (including phenoxy) is 4. The Labute approximate surface area is 167 Å². The van der Waals surface area contributed by atoms with Crippen molar-refractivity contribution in [3.63, 3.8) is 0 Å². The van der Waals surface area contributed by atoms with Crippen molar-refractivity contribution in [1.82, 2.24) is 0 Å². The average molecular weight is 395 g/mol.